The molecule has 0 amide bonds. The van der Waals surface area contributed by atoms with Gasteiger partial charge in [-0.15, -0.1) is 0 Å². The van der Waals surface area contributed by atoms with E-state index in [1.165, 1.54) is 24.3 Å². The molecule has 3 rings (SSSR count). The summed E-state index contributed by atoms with van der Waals surface area (Å²) in [5, 5.41) is 0. The Hall–Kier alpha value is -3.46. The first kappa shape index (κ1) is 20.3. The minimum absolute atomic E-state index is 0.0345. The van der Waals surface area contributed by atoms with E-state index >= 15 is 0 Å². The van der Waals surface area contributed by atoms with E-state index in [0.717, 1.165) is 6.07 Å². The van der Waals surface area contributed by atoms with Crippen molar-refractivity contribution in [2.24, 2.45) is 0 Å². The van der Waals surface area contributed by atoms with Crippen LogP contribution in [-0.4, -0.2) is 6.61 Å². The monoisotopic (exact) mass is 400 g/mol. The van der Waals surface area contributed by atoms with Gasteiger partial charge in [-0.2, -0.15) is 8.78 Å². The molecule has 3 aromatic carbocycles. The van der Waals surface area contributed by atoms with Crippen LogP contribution < -0.4 is 9.47 Å². The van der Waals surface area contributed by atoms with Crippen LogP contribution in [-0.2, 0) is 6.61 Å². The van der Waals surface area contributed by atoms with Crippen LogP contribution in [0.5, 0.6) is 11.5 Å². The first-order chi connectivity index (χ1) is 14.0. The van der Waals surface area contributed by atoms with Crippen LogP contribution in [0.25, 0.3) is 0 Å². The second-order valence-corrected chi connectivity index (χ2v) is 5.96. The van der Waals surface area contributed by atoms with Crippen molar-refractivity contribution in [2.45, 2.75) is 13.5 Å². The van der Waals surface area contributed by atoms with E-state index in [1.807, 2.05) is 0 Å². The zero-order valence-electron chi connectivity index (χ0n) is 15.4. The largest absolute Gasteiger partial charge is 0.491 e. The molecule has 0 aliphatic rings. The van der Waals surface area contributed by atoms with Gasteiger partial charge < -0.3 is 9.47 Å². The molecule has 0 atom stereocenters. The summed E-state index contributed by atoms with van der Waals surface area (Å²) in [7, 11) is 0. The second kappa shape index (κ2) is 9.16. The van der Waals surface area contributed by atoms with Gasteiger partial charge in [0, 0.05) is 5.56 Å². The molecule has 0 spiro atoms. The lowest BCUT2D eigenvalue weighted by molar-refractivity contribution is 0.284. The van der Waals surface area contributed by atoms with E-state index in [-0.39, 0.29) is 30.3 Å². The highest BCUT2D eigenvalue weighted by Crippen LogP contribution is 2.23. The second-order valence-electron chi connectivity index (χ2n) is 5.96. The molecule has 0 heterocycles. The van der Waals surface area contributed by atoms with Crippen LogP contribution in [0.3, 0.4) is 0 Å². The molecule has 0 saturated heterocycles. The molecular weight excluding hydrogens is 384 g/mol. The molecule has 148 valence electrons. The smallest absolute Gasteiger partial charge is 0.201 e. The van der Waals surface area contributed by atoms with Crippen molar-refractivity contribution in [1.29, 1.82) is 0 Å². The molecule has 2 nitrogen and oxygen atoms in total. The average molecular weight is 400 g/mol. The number of rotatable bonds is 5. The normalized spacial score (nSPS) is 10.2. The highest BCUT2D eigenvalue weighted by molar-refractivity contribution is 5.46. The Bertz CT molecular complexity index is 1070. The van der Waals surface area contributed by atoms with Crippen molar-refractivity contribution in [3.8, 4) is 23.3 Å². The SMILES string of the molecule is CCOc1ccc(C#Cc2ccc(COc3cccc(F)c3F)cc2)c(F)c1F. The summed E-state index contributed by atoms with van der Waals surface area (Å²) in [6, 6.07) is 13.1. The maximum absolute atomic E-state index is 14.0. The molecule has 0 fully saturated rings. The van der Waals surface area contributed by atoms with Crippen molar-refractivity contribution in [3.05, 3.63) is 94.6 Å². The van der Waals surface area contributed by atoms with Crippen molar-refractivity contribution in [3.63, 3.8) is 0 Å². The fraction of sp³-hybridized carbons (Fsp3) is 0.130. The summed E-state index contributed by atoms with van der Waals surface area (Å²) in [5.74, 6) is 0.841. The van der Waals surface area contributed by atoms with E-state index < -0.39 is 23.3 Å². The zero-order chi connectivity index (χ0) is 20.8. The number of hydrogen-bond donors (Lipinski definition) is 0. The Balaban J connectivity index is 1.69. The molecule has 0 aliphatic carbocycles. The Morgan fingerprint density at radius 3 is 2.17 bits per heavy atom. The molecule has 3 aromatic rings. The summed E-state index contributed by atoms with van der Waals surface area (Å²) in [5.41, 5.74) is 1.19. The summed E-state index contributed by atoms with van der Waals surface area (Å²) in [6.07, 6.45) is 0. The predicted molar refractivity (Wildman–Crippen MR) is 101 cm³/mol. The minimum Gasteiger partial charge on any atom is -0.491 e. The number of ether oxygens (including phenoxy) is 2. The molecule has 29 heavy (non-hydrogen) atoms. The quantitative estimate of drug-likeness (QED) is 0.409. The van der Waals surface area contributed by atoms with E-state index in [2.05, 4.69) is 11.8 Å². The van der Waals surface area contributed by atoms with Gasteiger partial charge in [0.2, 0.25) is 11.6 Å². The van der Waals surface area contributed by atoms with Gasteiger partial charge in [-0.1, -0.05) is 30.0 Å². The van der Waals surface area contributed by atoms with Crippen molar-refractivity contribution in [1.82, 2.24) is 0 Å². The highest BCUT2D eigenvalue weighted by atomic mass is 19.2. The van der Waals surface area contributed by atoms with Gasteiger partial charge in [0.1, 0.15) is 6.61 Å². The maximum atomic E-state index is 14.0. The first-order valence-corrected chi connectivity index (χ1v) is 8.78. The fourth-order valence-corrected chi connectivity index (χ4v) is 2.48. The van der Waals surface area contributed by atoms with Crippen LogP contribution in [0.1, 0.15) is 23.6 Å². The molecule has 0 bridgehead atoms. The third-order valence-corrected chi connectivity index (χ3v) is 3.95. The molecule has 0 radical (unpaired) electrons. The van der Waals surface area contributed by atoms with Crippen LogP contribution in [0, 0.1) is 35.1 Å². The maximum Gasteiger partial charge on any atom is 0.201 e. The minimum atomic E-state index is -1.07. The Labute approximate surface area is 165 Å². The van der Waals surface area contributed by atoms with E-state index in [0.29, 0.717) is 11.1 Å². The zero-order valence-corrected chi connectivity index (χ0v) is 15.4. The van der Waals surface area contributed by atoms with Gasteiger partial charge in [-0.05, 0) is 48.9 Å². The summed E-state index contributed by atoms with van der Waals surface area (Å²) < 4.78 is 64.9. The lowest BCUT2D eigenvalue weighted by Crippen LogP contribution is -1.99. The molecule has 6 heteroatoms. The van der Waals surface area contributed by atoms with Gasteiger partial charge in [-0.3, -0.25) is 0 Å². The number of benzene rings is 3. The van der Waals surface area contributed by atoms with Crippen molar-refractivity contribution < 1.29 is 27.0 Å². The third-order valence-electron chi connectivity index (χ3n) is 3.95. The van der Waals surface area contributed by atoms with Crippen LogP contribution in [0.15, 0.2) is 54.6 Å². The molecule has 0 aromatic heterocycles. The van der Waals surface area contributed by atoms with E-state index in [4.69, 9.17) is 9.47 Å². The van der Waals surface area contributed by atoms with Gasteiger partial charge in [0.05, 0.1) is 12.2 Å². The molecule has 0 unspecified atom stereocenters. The van der Waals surface area contributed by atoms with Crippen LogP contribution >= 0.6 is 0 Å². The average Bonchev–Trinajstić information content (AvgIpc) is 2.73. The van der Waals surface area contributed by atoms with Gasteiger partial charge in [0.25, 0.3) is 0 Å². The van der Waals surface area contributed by atoms with E-state index in [1.54, 1.807) is 31.2 Å². The van der Waals surface area contributed by atoms with Crippen molar-refractivity contribution in [2.75, 3.05) is 6.61 Å². The standard InChI is InChI=1S/C23H16F4O2/c1-2-28-20-13-12-17(21(25)23(20)27)11-10-15-6-8-16(9-7-15)14-29-19-5-3-4-18(24)22(19)26/h3-9,12-13H,2,14H2,1H3. The lowest BCUT2D eigenvalue weighted by atomic mass is 10.1. The fourth-order valence-electron chi connectivity index (χ4n) is 2.48. The molecule has 0 saturated carbocycles. The van der Waals surface area contributed by atoms with Gasteiger partial charge >= 0.3 is 0 Å². The Morgan fingerprint density at radius 2 is 1.45 bits per heavy atom. The molecular formula is C23H16F4O2. The number of halogens is 4. The van der Waals surface area contributed by atoms with Crippen LogP contribution in [0.4, 0.5) is 17.6 Å². The topological polar surface area (TPSA) is 18.5 Å². The summed E-state index contributed by atoms with van der Waals surface area (Å²) in [4.78, 5) is 0. The molecule has 0 N–H and O–H groups in total. The summed E-state index contributed by atoms with van der Waals surface area (Å²) in [6.45, 7) is 1.94. The van der Waals surface area contributed by atoms with Crippen LogP contribution in [0.2, 0.25) is 0 Å². The lowest BCUT2D eigenvalue weighted by Gasteiger charge is -2.07. The highest BCUT2D eigenvalue weighted by Gasteiger charge is 2.13. The third kappa shape index (κ3) is 4.88. The van der Waals surface area contributed by atoms with Gasteiger partial charge in [0.15, 0.2) is 23.1 Å². The Morgan fingerprint density at radius 1 is 0.724 bits per heavy atom. The van der Waals surface area contributed by atoms with Crippen molar-refractivity contribution >= 4 is 0 Å². The molecule has 0 aliphatic heterocycles. The first-order valence-electron chi connectivity index (χ1n) is 8.78. The summed E-state index contributed by atoms with van der Waals surface area (Å²) >= 11 is 0. The van der Waals surface area contributed by atoms with Gasteiger partial charge in [-0.25, -0.2) is 8.78 Å². The predicted octanol–water partition coefficient (Wildman–Crippen LogP) is 5.62. The van der Waals surface area contributed by atoms with E-state index in [9.17, 15) is 17.6 Å². The Kier molecular flexibility index (Phi) is 6.40. The number of hydrogen-bond acceptors (Lipinski definition) is 2.